The fourth-order valence-corrected chi connectivity index (χ4v) is 5.87. The van der Waals surface area contributed by atoms with E-state index >= 15 is 0 Å². The van der Waals surface area contributed by atoms with Crippen molar-refractivity contribution in [2.24, 2.45) is 17.8 Å². The molecule has 22 heavy (non-hydrogen) atoms. The van der Waals surface area contributed by atoms with Gasteiger partial charge >= 0.3 is 0 Å². The maximum Gasteiger partial charge on any atom is 0.169 e. The van der Waals surface area contributed by atoms with Crippen molar-refractivity contribution in [1.29, 1.82) is 0 Å². The molecule has 5 heteroatoms. The van der Waals surface area contributed by atoms with Gasteiger partial charge in [0.05, 0.1) is 13.2 Å². The van der Waals surface area contributed by atoms with E-state index in [1.807, 2.05) is 0 Å². The molecule has 4 nitrogen and oxygen atoms in total. The first kappa shape index (κ1) is 15.2. The second-order valence-corrected chi connectivity index (χ2v) is 8.40. The molecular formula is C17H28N2O2S. The van der Waals surface area contributed by atoms with E-state index in [4.69, 9.17) is 21.7 Å². The Balaban J connectivity index is 1.31. The maximum absolute atomic E-state index is 5.69. The summed E-state index contributed by atoms with van der Waals surface area (Å²) in [6.45, 7) is 2.34. The van der Waals surface area contributed by atoms with E-state index in [2.05, 4.69) is 17.3 Å². The highest BCUT2D eigenvalue weighted by molar-refractivity contribution is 7.80. The summed E-state index contributed by atoms with van der Waals surface area (Å²) in [5.74, 6) is 2.85. The van der Waals surface area contributed by atoms with E-state index < -0.39 is 0 Å². The Labute approximate surface area is 138 Å². The van der Waals surface area contributed by atoms with Crippen molar-refractivity contribution in [2.75, 3.05) is 26.8 Å². The van der Waals surface area contributed by atoms with Crippen molar-refractivity contribution in [3.05, 3.63) is 0 Å². The number of rotatable bonds is 4. The zero-order valence-electron chi connectivity index (χ0n) is 13.6. The van der Waals surface area contributed by atoms with E-state index in [9.17, 15) is 0 Å². The highest BCUT2D eigenvalue weighted by atomic mass is 32.1. The third-order valence-electron chi connectivity index (χ3n) is 6.15. The highest BCUT2D eigenvalue weighted by Crippen LogP contribution is 2.55. The zero-order chi connectivity index (χ0) is 15.2. The molecule has 1 saturated heterocycles. The molecule has 5 fully saturated rings. The van der Waals surface area contributed by atoms with Gasteiger partial charge in [0.1, 0.15) is 0 Å². The molecular weight excluding hydrogens is 296 g/mol. The first-order valence-corrected chi connectivity index (χ1v) is 9.29. The zero-order valence-corrected chi connectivity index (χ0v) is 14.4. The topological polar surface area (TPSA) is 33.7 Å². The Kier molecular flexibility index (Phi) is 4.07. The summed E-state index contributed by atoms with van der Waals surface area (Å²) in [4.78, 5) is 2.17. The van der Waals surface area contributed by atoms with Crippen molar-refractivity contribution < 1.29 is 9.47 Å². The quantitative estimate of drug-likeness (QED) is 0.804. The molecule has 4 bridgehead atoms. The van der Waals surface area contributed by atoms with Gasteiger partial charge in [-0.1, -0.05) is 0 Å². The highest BCUT2D eigenvalue weighted by Gasteiger charge is 2.51. The van der Waals surface area contributed by atoms with Crippen LogP contribution in [0.4, 0.5) is 0 Å². The summed E-state index contributed by atoms with van der Waals surface area (Å²) < 4.78 is 11.0. The van der Waals surface area contributed by atoms with Crippen molar-refractivity contribution in [1.82, 2.24) is 10.2 Å². The van der Waals surface area contributed by atoms with Gasteiger partial charge in [-0.15, -0.1) is 0 Å². The summed E-state index contributed by atoms with van der Waals surface area (Å²) in [6, 6.07) is 0. The summed E-state index contributed by atoms with van der Waals surface area (Å²) >= 11 is 5.69. The minimum absolute atomic E-state index is 0.0372. The molecule has 4 aliphatic carbocycles. The lowest BCUT2D eigenvalue weighted by molar-refractivity contribution is -0.0486. The molecule has 0 spiro atoms. The van der Waals surface area contributed by atoms with Gasteiger partial charge in [-0.05, 0) is 68.5 Å². The Morgan fingerprint density at radius 1 is 1.09 bits per heavy atom. The Bertz CT molecular complexity index is 401. The molecule has 1 heterocycles. The summed E-state index contributed by atoms with van der Waals surface area (Å²) in [6.07, 6.45) is 9.27. The minimum atomic E-state index is -0.0372. The van der Waals surface area contributed by atoms with Crippen molar-refractivity contribution in [3.63, 3.8) is 0 Å². The van der Waals surface area contributed by atoms with Gasteiger partial charge in [0.15, 0.2) is 11.4 Å². The van der Waals surface area contributed by atoms with Crippen LogP contribution < -0.4 is 5.32 Å². The van der Waals surface area contributed by atoms with Crippen LogP contribution in [0.2, 0.25) is 0 Å². The molecule has 1 N–H and O–H groups in total. The minimum Gasteiger partial charge on any atom is -0.357 e. The van der Waals surface area contributed by atoms with Crippen molar-refractivity contribution >= 4 is 17.3 Å². The lowest BCUT2D eigenvalue weighted by atomic mass is 9.53. The Hall–Kier alpha value is -0.390. The molecule has 4 saturated carbocycles. The molecule has 1 aliphatic heterocycles. The third kappa shape index (κ3) is 3.00. The molecule has 0 aromatic heterocycles. The number of thiocarbonyl (C=S) groups is 1. The largest absolute Gasteiger partial charge is 0.357 e. The number of ether oxygens (including phenoxy) is 2. The van der Waals surface area contributed by atoms with Crippen LogP contribution >= 0.6 is 12.2 Å². The average Bonchev–Trinajstić information content (AvgIpc) is 2.95. The van der Waals surface area contributed by atoms with E-state index in [0.29, 0.717) is 5.54 Å². The van der Waals surface area contributed by atoms with Gasteiger partial charge in [0, 0.05) is 25.6 Å². The smallest absolute Gasteiger partial charge is 0.169 e. The van der Waals surface area contributed by atoms with Crippen LogP contribution in [0, 0.1) is 17.8 Å². The van der Waals surface area contributed by atoms with E-state index in [0.717, 1.165) is 49.0 Å². The molecule has 124 valence electrons. The van der Waals surface area contributed by atoms with E-state index in [-0.39, 0.29) is 6.29 Å². The number of hydrogen-bond donors (Lipinski definition) is 1. The van der Waals surface area contributed by atoms with E-state index in [1.165, 1.54) is 38.5 Å². The fraction of sp³-hybridized carbons (Fsp3) is 0.941. The van der Waals surface area contributed by atoms with Crippen LogP contribution in [0.3, 0.4) is 0 Å². The molecule has 5 aliphatic rings. The van der Waals surface area contributed by atoms with E-state index in [1.54, 1.807) is 0 Å². The Morgan fingerprint density at radius 3 is 2.18 bits per heavy atom. The standard InChI is InChI=1S/C17H28N2O2S/c1-19(3-2-15-20-4-5-21-15)16(22)18-17-9-12-6-13(10-17)8-14(7-12)11-17/h12-15H,2-11H2,1H3,(H,18,22). The maximum atomic E-state index is 5.69. The summed E-state index contributed by atoms with van der Waals surface area (Å²) in [7, 11) is 2.09. The average molecular weight is 324 g/mol. The van der Waals surface area contributed by atoms with Crippen molar-refractivity contribution in [3.8, 4) is 0 Å². The van der Waals surface area contributed by atoms with Gasteiger partial charge in [-0.2, -0.15) is 0 Å². The van der Waals surface area contributed by atoms with Crippen LogP contribution in [0.15, 0.2) is 0 Å². The normalized spacial score (nSPS) is 40.1. The van der Waals surface area contributed by atoms with Gasteiger partial charge in [-0.3, -0.25) is 0 Å². The van der Waals surface area contributed by atoms with Crippen LogP contribution in [0.25, 0.3) is 0 Å². The SMILES string of the molecule is CN(CCC1OCCO1)C(=S)NC12CC3CC(CC(C3)C1)C2. The second-order valence-electron chi connectivity index (χ2n) is 8.01. The van der Waals surface area contributed by atoms with Gasteiger partial charge < -0.3 is 19.7 Å². The number of nitrogens with zero attached hydrogens (tertiary/aromatic N) is 1. The van der Waals surface area contributed by atoms with Crippen LogP contribution in [0.5, 0.6) is 0 Å². The number of hydrogen-bond acceptors (Lipinski definition) is 3. The van der Waals surface area contributed by atoms with Gasteiger partial charge in [-0.25, -0.2) is 0 Å². The molecule has 5 rings (SSSR count). The molecule has 0 aromatic carbocycles. The first-order chi connectivity index (χ1) is 10.6. The number of nitrogens with one attached hydrogen (secondary N) is 1. The van der Waals surface area contributed by atoms with Crippen LogP contribution in [-0.2, 0) is 9.47 Å². The monoisotopic (exact) mass is 324 g/mol. The molecule has 0 aromatic rings. The molecule has 0 atom stereocenters. The Morgan fingerprint density at radius 2 is 1.64 bits per heavy atom. The fourth-order valence-electron chi connectivity index (χ4n) is 5.56. The molecule has 0 unspecified atom stereocenters. The molecule has 0 radical (unpaired) electrons. The predicted octanol–water partition coefficient (Wildman–Crippen LogP) is 2.52. The third-order valence-corrected chi connectivity index (χ3v) is 6.56. The van der Waals surface area contributed by atoms with Crippen LogP contribution in [-0.4, -0.2) is 48.6 Å². The first-order valence-electron chi connectivity index (χ1n) is 8.88. The summed E-state index contributed by atoms with van der Waals surface area (Å²) in [5, 5.41) is 4.69. The second kappa shape index (κ2) is 5.91. The van der Waals surface area contributed by atoms with Gasteiger partial charge in [0.25, 0.3) is 0 Å². The van der Waals surface area contributed by atoms with Crippen molar-refractivity contribution in [2.45, 2.75) is 56.8 Å². The lowest BCUT2D eigenvalue weighted by Gasteiger charge is -2.57. The lowest BCUT2D eigenvalue weighted by Crippen LogP contribution is -2.61. The van der Waals surface area contributed by atoms with Crippen LogP contribution in [0.1, 0.15) is 44.9 Å². The molecule has 0 amide bonds. The van der Waals surface area contributed by atoms with Gasteiger partial charge in [0.2, 0.25) is 0 Å². The summed E-state index contributed by atoms with van der Waals surface area (Å²) in [5.41, 5.74) is 0.306. The predicted molar refractivity (Wildman–Crippen MR) is 89.6 cm³/mol.